The van der Waals surface area contributed by atoms with E-state index in [9.17, 15) is 4.79 Å². The fraction of sp³-hybridized carbons (Fsp3) is 0.556. The molecule has 134 valence electrons. The predicted octanol–water partition coefficient (Wildman–Crippen LogP) is 2.74. The van der Waals surface area contributed by atoms with Crippen molar-refractivity contribution in [2.75, 3.05) is 27.2 Å². The van der Waals surface area contributed by atoms with Gasteiger partial charge in [-0.1, -0.05) is 30.7 Å². The second-order valence-electron chi connectivity index (χ2n) is 6.34. The van der Waals surface area contributed by atoms with E-state index in [0.29, 0.717) is 6.54 Å². The van der Waals surface area contributed by atoms with Crippen molar-refractivity contribution >= 4 is 35.9 Å². The van der Waals surface area contributed by atoms with Gasteiger partial charge in [-0.05, 0) is 30.9 Å². The molecule has 2 unspecified atom stereocenters. The number of aliphatic imine (C=N–C) groups is 1. The first-order valence-corrected chi connectivity index (χ1v) is 8.05. The first kappa shape index (κ1) is 20.7. The summed E-state index contributed by atoms with van der Waals surface area (Å²) in [5, 5.41) is 3.41. The van der Waals surface area contributed by atoms with Crippen LogP contribution in [0.25, 0.3) is 0 Å². The first-order valence-electron chi connectivity index (χ1n) is 8.05. The molecule has 1 fully saturated rings. The van der Waals surface area contributed by atoms with E-state index in [0.717, 1.165) is 19.0 Å². The van der Waals surface area contributed by atoms with E-state index in [2.05, 4.69) is 54.2 Å². The maximum Gasteiger partial charge on any atom is 0.310 e. The van der Waals surface area contributed by atoms with Gasteiger partial charge in [-0.25, -0.2) is 0 Å². The minimum absolute atomic E-state index is 0. The smallest absolute Gasteiger partial charge is 0.310 e. The van der Waals surface area contributed by atoms with Crippen LogP contribution in [0.3, 0.4) is 0 Å². The average Bonchev–Trinajstić information content (AvgIpc) is 2.90. The normalized spacial score (nSPS) is 20.5. The SMILES string of the molecule is CN=C(NCc1ccc(C)cc1C)N1CC(C)C(C(=O)OC)C1.I. The summed E-state index contributed by atoms with van der Waals surface area (Å²) in [6.45, 7) is 8.50. The second kappa shape index (κ2) is 9.25. The van der Waals surface area contributed by atoms with Crippen LogP contribution in [0.2, 0.25) is 0 Å². The van der Waals surface area contributed by atoms with Gasteiger partial charge >= 0.3 is 5.97 Å². The van der Waals surface area contributed by atoms with E-state index in [-0.39, 0.29) is 41.8 Å². The Morgan fingerprint density at radius 1 is 1.38 bits per heavy atom. The zero-order chi connectivity index (χ0) is 17.0. The third-order valence-electron chi connectivity index (χ3n) is 4.56. The molecule has 1 saturated heterocycles. The third kappa shape index (κ3) is 4.84. The number of nitrogens with one attached hydrogen (secondary N) is 1. The number of guanidine groups is 1. The molecule has 24 heavy (non-hydrogen) atoms. The number of ether oxygens (including phenoxy) is 1. The predicted molar refractivity (Wildman–Crippen MR) is 108 cm³/mol. The highest BCUT2D eigenvalue weighted by atomic mass is 127. The van der Waals surface area contributed by atoms with Crippen molar-refractivity contribution in [1.29, 1.82) is 0 Å². The summed E-state index contributed by atoms with van der Waals surface area (Å²) in [7, 11) is 3.23. The first-order chi connectivity index (χ1) is 11.0. The summed E-state index contributed by atoms with van der Waals surface area (Å²) in [4.78, 5) is 18.3. The van der Waals surface area contributed by atoms with Crippen LogP contribution in [0.5, 0.6) is 0 Å². The Bertz CT molecular complexity index is 604. The minimum Gasteiger partial charge on any atom is -0.469 e. The van der Waals surface area contributed by atoms with Crippen LogP contribution < -0.4 is 5.32 Å². The monoisotopic (exact) mass is 445 g/mol. The Kier molecular flexibility index (Phi) is 7.99. The number of halogens is 1. The van der Waals surface area contributed by atoms with Crippen molar-refractivity contribution < 1.29 is 9.53 Å². The summed E-state index contributed by atoms with van der Waals surface area (Å²) >= 11 is 0. The van der Waals surface area contributed by atoms with Crippen molar-refractivity contribution in [1.82, 2.24) is 10.2 Å². The molecular formula is C18H28IN3O2. The van der Waals surface area contributed by atoms with Crippen LogP contribution in [0, 0.1) is 25.7 Å². The molecule has 1 aliphatic heterocycles. The number of rotatable bonds is 3. The van der Waals surface area contributed by atoms with Gasteiger partial charge in [0.05, 0.1) is 13.0 Å². The quantitative estimate of drug-likeness (QED) is 0.337. The molecular weight excluding hydrogens is 417 g/mol. The highest BCUT2D eigenvalue weighted by Crippen LogP contribution is 2.24. The standard InChI is InChI=1S/C18H27N3O2.HI/c1-12-6-7-15(13(2)8-12)9-20-18(19-4)21-10-14(3)16(11-21)17(22)23-5;/h6-8,14,16H,9-11H2,1-5H3,(H,19,20);1H. The molecule has 2 rings (SSSR count). The van der Waals surface area contributed by atoms with Crippen molar-refractivity contribution in [3.05, 3.63) is 34.9 Å². The molecule has 0 saturated carbocycles. The Balaban J connectivity index is 0.00000288. The van der Waals surface area contributed by atoms with Crippen LogP contribution in [-0.4, -0.2) is 44.1 Å². The second-order valence-corrected chi connectivity index (χ2v) is 6.34. The number of likely N-dealkylation sites (tertiary alicyclic amines) is 1. The lowest BCUT2D eigenvalue weighted by Crippen LogP contribution is -2.40. The Hall–Kier alpha value is -1.31. The maximum atomic E-state index is 11.8. The molecule has 1 aromatic rings. The van der Waals surface area contributed by atoms with E-state index in [1.165, 1.54) is 23.8 Å². The molecule has 1 aliphatic rings. The van der Waals surface area contributed by atoms with E-state index in [1.54, 1.807) is 7.05 Å². The molecule has 0 aliphatic carbocycles. The van der Waals surface area contributed by atoms with Gasteiger partial charge in [0.2, 0.25) is 0 Å². The van der Waals surface area contributed by atoms with Gasteiger partial charge in [-0.2, -0.15) is 0 Å². The lowest BCUT2D eigenvalue weighted by molar-refractivity contribution is -0.145. The summed E-state index contributed by atoms with van der Waals surface area (Å²) < 4.78 is 4.90. The van der Waals surface area contributed by atoms with Crippen LogP contribution in [-0.2, 0) is 16.1 Å². The summed E-state index contributed by atoms with van der Waals surface area (Å²) in [6, 6.07) is 6.46. The van der Waals surface area contributed by atoms with Gasteiger partial charge in [-0.15, -0.1) is 24.0 Å². The highest BCUT2D eigenvalue weighted by molar-refractivity contribution is 14.0. The van der Waals surface area contributed by atoms with Gasteiger partial charge in [0.15, 0.2) is 5.96 Å². The molecule has 1 heterocycles. The molecule has 6 heteroatoms. The zero-order valence-electron chi connectivity index (χ0n) is 15.1. The van der Waals surface area contributed by atoms with Crippen LogP contribution in [0.15, 0.2) is 23.2 Å². The molecule has 2 atom stereocenters. The molecule has 1 aromatic carbocycles. The summed E-state index contributed by atoms with van der Waals surface area (Å²) in [5.41, 5.74) is 3.80. The topological polar surface area (TPSA) is 53.9 Å². The number of carbonyl (C=O) groups excluding carboxylic acids is 1. The Labute approximate surface area is 161 Å². The number of hydrogen-bond donors (Lipinski definition) is 1. The number of hydrogen-bond acceptors (Lipinski definition) is 3. The van der Waals surface area contributed by atoms with Crippen LogP contribution in [0.4, 0.5) is 0 Å². The fourth-order valence-electron chi connectivity index (χ4n) is 3.15. The molecule has 0 bridgehead atoms. The van der Waals surface area contributed by atoms with Crippen molar-refractivity contribution in [2.24, 2.45) is 16.8 Å². The van der Waals surface area contributed by atoms with E-state index < -0.39 is 0 Å². The molecule has 0 spiro atoms. The molecule has 0 aromatic heterocycles. The lowest BCUT2D eigenvalue weighted by Gasteiger charge is -2.22. The number of methoxy groups -OCH3 is 1. The Morgan fingerprint density at radius 2 is 2.08 bits per heavy atom. The molecule has 0 radical (unpaired) electrons. The number of carbonyl (C=O) groups is 1. The fourth-order valence-corrected chi connectivity index (χ4v) is 3.15. The van der Waals surface area contributed by atoms with E-state index in [4.69, 9.17) is 4.74 Å². The minimum atomic E-state index is -0.134. The van der Waals surface area contributed by atoms with E-state index >= 15 is 0 Å². The van der Waals surface area contributed by atoms with Gasteiger partial charge in [-0.3, -0.25) is 9.79 Å². The van der Waals surface area contributed by atoms with E-state index in [1.807, 2.05) is 0 Å². The van der Waals surface area contributed by atoms with Crippen molar-refractivity contribution in [3.8, 4) is 0 Å². The highest BCUT2D eigenvalue weighted by Gasteiger charge is 2.36. The molecule has 0 amide bonds. The maximum absolute atomic E-state index is 11.8. The molecule has 5 nitrogen and oxygen atoms in total. The van der Waals surface area contributed by atoms with Crippen LogP contribution >= 0.6 is 24.0 Å². The largest absolute Gasteiger partial charge is 0.469 e. The number of benzene rings is 1. The van der Waals surface area contributed by atoms with Gasteiger partial charge in [0.1, 0.15) is 0 Å². The van der Waals surface area contributed by atoms with Gasteiger partial charge in [0.25, 0.3) is 0 Å². The number of nitrogens with zero attached hydrogens (tertiary/aromatic N) is 2. The van der Waals surface area contributed by atoms with Gasteiger partial charge < -0.3 is 15.0 Å². The average molecular weight is 445 g/mol. The van der Waals surface area contributed by atoms with Crippen molar-refractivity contribution in [3.63, 3.8) is 0 Å². The zero-order valence-corrected chi connectivity index (χ0v) is 17.5. The van der Waals surface area contributed by atoms with Gasteiger partial charge in [0, 0.05) is 26.7 Å². The summed E-state index contributed by atoms with van der Waals surface area (Å²) in [6.07, 6.45) is 0. The third-order valence-corrected chi connectivity index (χ3v) is 4.56. The molecule has 1 N–H and O–H groups in total. The summed E-state index contributed by atoms with van der Waals surface area (Å²) in [5.74, 6) is 0.884. The van der Waals surface area contributed by atoms with Crippen LogP contribution in [0.1, 0.15) is 23.6 Å². The number of aryl methyl sites for hydroxylation is 2. The number of esters is 1. The van der Waals surface area contributed by atoms with Crippen molar-refractivity contribution in [2.45, 2.75) is 27.3 Å². The lowest BCUT2D eigenvalue weighted by atomic mass is 9.99. The Morgan fingerprint density at radius 3 is 2.67 bits per heavy atom.